The lowest BCUT2D eigenvalue weighted by atomic mass is 10.4. The van der Waals surface area contributed by atoms with Crippen LogP contribution in [0.2, 0.25) is 0 Å². The Morgan fingerprint density at radius 1 is 1.46 bits per heavy atom. The molecule has 0 fully saturated rings. The molecule has 13 heavy (non-hydrogen) atoms. The van der Waals surface area contributed by atoms with Crippen molar-refractivity contribution in [2.24, 2.45) is 0 Å². The molecule has 0 spiro atoms. The first-order valence-corrected chi connectivity index (χ1v) is 4.76. The lowest BCUT2D eigenvalue weighted by Crippen LogP contribution is -2.15. The van der Waals surface area contributed by atoms with Crippen LogP contribution in [0.5, 0.6) is 0 Å². The number of nitrogens with zero attached hydrogens (tertiary/aromatic N) is 4. The zero-order chi connectivity index (χ0) is 9.68. The molecule has 0 aliphatic rings. The lowest BCUT2D eigenvalue weighted by molar-refractivity contribution is 0.379. The smallest absolute Gasteiger partial charge is 0.0824 e. The fourth-order valence-corrected chi connectivity index (χ4v) is 1.16. The van der Waals surface area contributed by atoms with Crippen molar-refractivity contribution in [3.8, 4) is 0 Å². The van der Waals surface area contributed by atoms with Crippen molar-refractivity contribution in [3.63, 3.8) is 0 Å². The molecular formula is C9H18N4. The molecule has 0 unspecified atom stereocenters. The highest BCUT2D eigenvalue weighted by Gasteiger charge is 1.97. The summed E-state index contributed by atoms with van der Waals surface area (Å²) < 4.78 is 1.92. The molecule has 0 N–H and O–H groups in total. The molecular weight excluding hydrogens is 164 g/mol. The number of rotatable bonds is 5. The molecule has 4 heteroatoms. The molecule has 1 heterocycles. The number of hydrogen-bond acceptors (Lipinski definition) is 3. The van der Waals surface area contributed by atoms with Crippen LogP contribution in [-0.2, 0) is 13.0 Å². The second-order valence-electron chi connectivity index (χ2n) is 3.48. The van der Waals surface area contributed by atoms with Crippen LogP contribution in [0.3, 0.4) is 0 Å². The summed E-state index contributed by atoms with van der Waals surface area (Å²) in [6.45, 7) is 4.15. The minimum atomic E-state index is 0.963. The van der Waals surface area contributed by atoms with E-state index in [2.05, 4.69) is 36.2 Å². The predicted molar refractivity (Wildman–Crippen MR) is 52.6 cm³/mol. The van der Waals surface area contributed by atoms with Gasteiger partial charge in [-0.25, -0.2) is 0 Å². The van der Waals surface area contributed by atoms with E-state index in [0.717, 1.165) is 31.6 Å². The van der Waals surface area contributed by atoms with Gasteiger partial charge in [0.25, 0.3) is 0 Å². The monoisotopic (exact) mass is 182 g/mol. The van der Waals surface area contributed by atoms with Gasteiger partial charge in [0.2, 0.25) is 0 Å². The van der Waals surface area contributed by atoms with Gasteiger partial charge < -0.3 is 4.90 Å². The molecule has 1 rings (SSSR count). The van der Waals surface area contributed by atoms with Crippen LogP contribution < -0.4 is 0 Å². The van der Waals surface area contributed by atoms with E-state index >= 15 is 0 Å². The fourth-order valence-electron chi connectivity index (χ4n) is 1.16. The fraction of sp³-hybridized carbons (Fsp3) is 0.778. The third-order valence-electron chi connectivity index (χ3n) is 1.94. The van der Waals surface area contributed by atoms with Gasteiger partial charge in [-0.1, -0.05) is 12.1 Å². The summed E-state index contributed by atoms with van der Waals surface area (Å²) in [5.74, 6) is 0. The van der Waals surface area contributed by atoms with Crippen LogP contribution in [0, 0.1) is 0 Å². The van der Waals surface area contributed by atoms with Gasteiger partial charge in [0.1, 0.15) is 0 Å². The Labute approximate surface area is 79.5 Å². The quantitative estimate of drug-likeness (QED) is 0.675. The zero-order valence-electron chi connectivity index (χ0n) is 8.69. The average Bonchev–Trinajstić information content (AvgIpc) is 2.52. The lowest BCUT2D eigenvalue weighted by Gasteiger charge is -2.07. The Hall–Kier alpha value is -0.900. The summed E-state index contributed by atoms with van der Waals surface area (Å²) >= 11 is 0. The van der Waals surface area contributed by atoms with Crippen molar-refractivity contribution in [3.05, 3.63) is 11.9 Å². The van der Waals surface area contributed by atoms with Gasteiger partial charge in [0, 0.05) is 12.7 Å². The average molecular weight is 182 g/mol. The molecule has 1 aromatic rings. The molecule has 0 radical (unpaired) electrons. The first-order chi connectivity index (χ1) is 6.22. The molecule has 0 atom stereocenters. The Morgan fingerprint density at radius 2 is 2.23 bits per heavy atom. The van der Waals surface area contributed by atoms with Crippen LogP contribution in [0.25, 0.3) is 0 Å². The Bertz CT molecular complexity index is 242. The molecule has 0 saturated heterocycles. The van der Waals surface area contributed by atoms with Crippen LogP contribution in [-0.4, -0.2) is 40.5 Å². The van der Waals surface area contributed by atoms with Crippen molar-refractivity contribution in [1.29, 1.82) is 0 Å². The Balaban J connectivity index is 2.28. The largest absolute Gasteiger partial charge is 0.309 e. The summed E-state index contributed by atoms with van der Waals surface area (Å²) in [5, 5.41) is 8.06. The normalized spacial score (nSPS) is 11.1. The van der Waals surface area contributed by atoms with E-state index in [-0.39, 0.29) is 0 Å². The highest BCUT2D eigenvalue weighted by atomic mass is 15.4. The third-order valence-corrected chi connectivity index (χ3v) is 1.94. The second-order valence-corrected chi connectivity index (χ2v) is 3.48. The maximum atomic E-state index is 4.03. The van der Waals surface area contributed by atoms with E-state index in [1.165, 1.54) is 0 Å². The molecule has 0 saturated carbocycles. The van der Waals surface area contributed by atoms with Crippen molar-refractivity contribution in [2.45, 2.75) is 26.3 Å². The van der Waals surface area contributed by atoms with Gasteiger partial charge in [-0.05, 0) is 33.5 Å². The first kappa shape index (κ1) is 10.2. The van der Waals surface area contributed by atoms with Crippen LogP contribution in [0.1, 0.15) is 19.0 Å². The van der Waals surface area contributed by atoms with Gasteiger partial charge in [0.15, 0.2) is 0 Å². The highest BCUT2D eigenvalue weighted by molar-refractivity contribution is 4.90. The van der Waals surface area contributed by atoms with Crippen molar-refractivity contribution < 1.29 is 0 Å². The molecule has 0 aliphatic heterocycles. The molecule has 0 aromatic carbocycles. The van der Waals surface area contributed by atoms with Gasteiger partial charge >= 0.3 is 0 Å². The third kappa shape index (κ3) is 3.55. The van der Waals surface area contributed by atoms with Gasteiger partial charge in [-0.15, -0.1) is 5.10 Å². The van der Waals surface area contributed by atoms with E-state index in [0.29, 0.717) is 0 Å². The van der Waals surface area contributed by atoms with Crippen LogP contribution in [0.15, 0.2) is 6.20 Å². The summed E-state index contributed by atoms with van der Waals surface area (Å²) in [7, 11) is 4.16. The Kier molecular flexibility index (Phi) is 3.89. The van der Waals surface area contributed by atoms with E-state index < -0.39 is 0 Å². The molecule has 0 aliphatic carbocycles. The SMILES string of the molecule is CCc1cn(CCCN(C)C)nn1. The molecule has 74 valence electrons. The van der Waals surface area contributed by atoms with Crippen LogP contribution in [0.4, 0.5) is 0 Å². The minimum Gasteiger partial charge on any atom is -0.309 e. The molecule has 0 bridgehead atoms. The molecule has 0 amide bonds. The maximum Gasteiger partial charge on any atom is 0.0824 e. The topological polar surface area (TPSA) is 34.0 Å². The number of aryl methyl sites for hydroxylation is 2. The maximum absolute atomic E-state index is 4.03. The Morgan fingerprint density at radius 3 is 2.77 bits per heavy atom. The van der Waals surface area contributed by atoms with Crippen molar-refractivity contribution in [1.82, 2.24) is 19.9 Å². The first-order valence-electron chi connectivity index (χ1n) is 4.76. The second kappa shape index (κ2) is 4.97. The number of aromatic nitrogens is 3. The summed E-state index contributed by atoms with van der Waals surface area (Å²) in [6.07, 6.45) is 4.11. The van der Waals surface area contributed by atoms with E-state index in [4.69, 9.17) is 0 Å². The van der Waals surface area contributed by atoms with Gasteiger partial charge in [-0.3, -0.25) is 4.68 Å². The van der Waals surface area contributed by atoms with Crippen molar-refractivity contribution in [2.75, 3.05) is 20.6 Å². The van der Waals surface area contributed by atoms with Gasteiger partial charge in [-0.2, -0.15) is 0 Å². The van der Waals surface area contributed by atoms with E-state index in [1.54, 1.807) is 0 Å². The zero-order valence-corrected chi connectivity index (χ0v) is 8.69. The standard InChI is InChI=1S/C9H18N4/c1-4-9-8-13(11-10-9)7-5-6-12(2)3/h8H,4-7H2,1-3H3. The molecule has 4 nitrogen and oxygen atoms in total. The van der Waals surface area contributed by atoms with E-state index in [9.17, 15) is 0 Å². The van der Waals surface area contributed by atoms with Crippen LogP contribution >= 0.6 is 0 Å². The minimum absolute atomic E-state index is 0.963. The van der Waals surface area contributed by atoms with Gasteiger partial charge in [0.05, 0.1) is 5.69 Å². The number of hydrogen-bond donors (Lipinski definition) is 0. The summed E-state index contributed by atoms with van der Waals surface area (Å²) in [5.41, 5.74) is 1.07. The molecule has 1 aromatic heterocycles. The predicted octanol–water partition coefficient (Wildman–Crippen LogP) is 0.792. The van der Waals surface area contributed by atoms with E-state index in [1.807, 2.05) is 10.9 Å². The van der Waals surface area contributed by atoms with Crippen molar-refractivity contribution >= 4 is 0 Å². The summed E-state index contributed by atoms with van der Waals surface area (Å²) in [4.78, 5) is 2.18. The highest BCUT2D eigenvalue weighted by Crippen LogP contribution is 1.95. The summed E-state index contributed by atoms with van der Waals surface area (Å²) in [6, 6.07) is 0.